The van der Waals surface area contributed by atoms with Gasteiger partial charge in [0.25, 0.3) is 0 Å². The minimum atomic E-state index is -0.462. The average molecular weight is 2000 g/mol. The van der Waals surface area contributed by atoms with Crippen molar-refractivity contribution in [3.63, 3.8) is 0 Å². The topological polar surface area (TPSA) is 421 Å². The lowest BCUT2D eigenvalue weighted by atomic mass is 9.82. The molecule has 0 spiro atoms. The number of hydrogen-bond donors (Lipinski definition) is 5. The van der Waals surface area contributed by atoms with E-state index in [0.717, 1.165) is 116 Å². The number of benzene rings is 6. The van der Waals surface area contributed by atoms with Crippen molar-refractivity contribution in [3.05, 3.63) is 253 Å². The first-order chi connectivity index (χ1) is 65.9. The van der Waals surface area contributed by atoms with Crippen LogP contribution in [0.15, 0.2) is 219 Å². The molecule has 0 aliphatic carbocycles. The van der Waals surface area contributed by atoms with Crippen LogP contribution in [0.1, 0.15) is 93.2 Å². The summed E-state index contributed by atoms with van der Waals surface area (Å²) < 4.78 is 83.8. The largest absolute Gasteiger partial charge is 0.498 e. The summed E-state index contributed by atoms with van der Waals surface area (Å²) in [5.74, 6) is -1.04. The molecule has 2 aliphatic heterocycles. The number of alkyl halides is 1. The van der Waals surface area contributed by atoms with Gasteiger partial charge < -0.3 is 55.3 Å². The van der Waals surface area contributed by atoms with Crippen molar-refractivity contribution in [2.75, 3.05) is 49.4 Å². The molecule has 18 rings (SSSR count). The molecule has 0 bridgehead atoms. The minimum absolute atomic E-state index is 0.00829. The fourth-order valence-electron chi connectivity index (χ4n) is 14.4. The molecule has 710 valence electrons. The number of nitrogen functional groups attached to an aromatic ring is 3. The maximum atomic E-state index is 13.6. The SMILES string of the molecule is CC1(C)OB(c2cn[nH]c2)OC1(C)C.CCOC(=O)CBr.CCOC(=O)Cn1cc(-c2cc(-c3ccc4ncnc(C)c4c3)c(-c3ccc(F)cc3)nc2N)cn1.CCOC(=O)Cn1cc(B2OC(C)(C)C(C)(C)O2)cn1.CNC(=O)Cn1cc(-c2cc(-c3ccc4ncnc(C)c4c3)c(-c3ccc(F)cc3)nc2N)cn1.Cc1ncnc2ccc(-c3cc(Br)c(N)nc3-c3ccc(F)cc3)cc12. The van der Waals surface area contributed by atoms with Crippen molar-refractivity contribution in [2.45, 2.75) is 139 Å². The Labute approximate surface area is 811 Å². The first kappa shape index (κ1) is 101. The molecule has 0 radical (unpaired) electrons. The fraction of sp³-hybridized carbons (Fsp3) is 0.263. The number of hydrogen-bond acceptors (Lipinski definition) is 27. The maximum absolute atomic E-state index is 13.6. The van der Waals surface area contributed by atoms with Crippen LogP contribution < -0.4 is 33.4 Å². The van der Waals surface area contributed by atoms with Crippen LogP contribution in [0.25, 0.3) is 122 Å². The summed E-state index contributed by atoms with van der Waals surface area (Å²) in [6.45, 7) is 28.5. The summed E-state index contributed by atoms with van der Waals surface area (Å²) >= 11 is 6.39. The Morgan fingerprint density at radius 1 is 0.420 bits per heavy atom. The first-order valence-electron chi connectivity index (χ1n) is 43.9. The van der Waals surface area contributed by atoms with Crippen LogP contribution in [0.2, 0.25) is 0 Å². The van der Waals surface area contributed by atoms with E-state index >= 15 is 0 Å². The second kappa shape index (κ2) is 44.2. The van der Waals surface area contributed by atoms with E-state index in [1.807, 2.05) is 149 Å². The van der Waals surface area contributed by atoms with Gasteiger partial charge in [-0.1, -0.05) is 34.1 Å². The highest BCUT2D eigenvalue weighted by atomic mass is 79.9. The predicted molar refractivity (Wildman–Crippen MR) is 532 cm³/mol. The molecule has 2 fully saturated rings. The van der Waals surface area contributed by atoms with E-state index in [4.69, 9.17) is 55.3 Å². The average Bonchev–Trinajstić information content (AvgIpc) is 1.67. The minimum Gasteiger partial charge on any atom is -0.465 e. The van der Waals surface area contributed by atoms with Crippen molar-refractivity contribution in [1.82, 2.24) is 89.7 Å². The predicted octanol–water partition coefficient (Wildman–Crippen LogP) is 16.4. The quantitative estimate of drug-likeness (QED) is 0.0205. The van der Waals surface area contributed by atoms with E-state index in [2.05, 4.69) is 102 Å². The first-order valence-corrected chi connectivity index (χ1v) is 45.8. The van der Waals surface area contributed by atoms with Gasteiger partial charge in [0, 0.05) is 144 Å². The molecule has 0 atom stereocenters. The number of nitrogens with two attached hydrogens (primary N) is 3. The van der Waals surface area contributed by atoms with Crippen LogP contribution in [0.5, 0.6) is 0 Å². The lowest BCUT2D eigenvalue weighted by Gasteiger charge is -2.32. The molecule has 8 N–H and O–H groups in total. The van der Waals surface area contributed by atoms with Crippen LogP contribution >= 0.6 is 31.9 Å². The lowest BCUT2D eigenvalue weighted by molar-refractivity contribution is -0.145. The number of H-pyrrole nitrogens is 1. The highest BCUT2D eigenvalue weighted by molar-refractivity contribution is 9.10. The van der Waals surface area contributed by atoms with Gasteiger partial charge in [0.15, 0.2) is 0 Å². The zero-order valence-electron chi connectivity index (χ0n) is 78.6. The Kier molecular flexibility index (Phi) is 32.4. The van der Waals surface area contributed by atoms with Crippen molar-refractivity contribution in [2.24, 2.45) is 0 Å². The van der Waals surface area contributed by atoms with Gasteiger partial charge in [-0.25, -0.2) is 58.0 Å². The summed E-state index contributed by atoms with van der Waals surface area (Å²) in [4.78, 5) is 85.0. The number of rotatable bonds is 20. The van der Waals surface area contributed by atoms with Crippen LogP contribution in [-0.4, -0.2) is 177 Å². The second-order valence-corrected chi connectivity index (χ2v) is 35.1. The standard InChI is InChI=1S/C27H23FN6O2.C26H22FN7O.C20H14BrFN4.C13H21BN2O4.C9H15BN2O2.C4H7BrO2/c1-3-36-25(35)14-34-13-19(12-32-34)23-11-22(18-6-9-24-21(10-18)16(2)30-15-31-24)26(33-27(23)29)17-4-7-20(28)8-5-17;1-15-20-9-17(5-8-23(20)31-14-30-15)21-10-22(18-11-32-34(12-18)13-24(35)29-2)26(28)33-25(21)16-3-6-19(27)7-4-16;1-11-15-8-13(4-7-18(15)25-10-24-11)16-9-17(21)20(23)26-19(16)12-2-5-14(22)6-3-12;1-6-18-11(17)9-16-8-10(7-15-16)14-19-12(2,3)13(4,5)20-14;1-8(2)9(3,4)14-10(13-8)7-5-11-12-6-7;1-2-7-4(6)3-5/h4-13,15H,3,14H2,1-2H3,(H2,29,33);3-12,14H,13H2,1-2H3,(H2,28,33)(H,29,35);2-10H,1H3,(H2,23,26);7-8H,6,9H2,1-5H3;5-6H,1-4H3,(H,11,12);2-3H2,1H3. The molecule has 12 heterocycles. The normalized spacial score (nSPS) is 13.6. The van der Waals surface area contributed by atoms with Crippen molar-refractivity contribution in [3.8, 4) is 89.4 Å². The highest BCUT2D eigenvalue weighted by Gasteiger charge is 2.53. The van der Waals surface area contributed by atoms with Crippen molar-refractivity contribution >= 4 is 131 Å². The zero-order valence-corrected chi connectivity index (χ0v) is 81.8. The number of ether oxygens (including phenoxy) is 3. The third-order valence-corrected chi connectivity index (χ3v) is 24.3. The van der Waals surface area contributed by atoms with Gasteiger partial charge in [0.2, 0.25) is 5.91 Å². The number of aromatic amines is 1. The number of likely N-dealkylation sites (N-methyl/N-ethyl adjacent to an activating group) is 1. The summed E-state index contributed by atoms with van der Waals surface area (Å²) in [5.41, 5.74) is 36.6. The number of pyridine rings is 3. The number of nitrogens with one attached hydrogen (secondary N) is 2. The van der Waals surface area contributed by atoms with Crippen LogP contribution in [-0.2, 0) is 71.6 Å². The van der Waals surface area contributed by atoms with Gasteiger partial charge in [-0.05, 0) is 257 Å². The van der Waals surface area contributed by atoms with E-state index in [9.17, 15) is 32.3 Å². The molecular formula is C99H102B2Br2F3N21O11. The molecule has 32 nitrogen and oxygen atoms in total. The molecule has 10 aromatic heterocycles. The molecule has 16 aromatic rings. The van der Waals surface area contributed by atoms with E-state index in [1.54, 1.807) is 126 Å². The fourth-order valence-corrected chi connectivity index (χ4v) is 14.9. The van der Waals surface area contributed by atoms with E-state index in [0.29, 0.717) is 75.0 Å². The number of amides is 1. The van der Waals surface area contributed by atoms with Gasteiger partial charge >= 0.3 is 32.1 Å². The van der Waals surface area contributed by atoms with Gasteiger partial charge in [-0.2, -0.15) is 20.4 Å². The van der Waals surface area contributed by atoms with Gasteiger partial charge in [-0.3, -0.25) is 38.3 Å². The van der Waals surface area contributed by atoms with Crippen molar-refractivity contribution < 1.29 is 65.2 Å². The lowest BCUT2D eigenvalue weighted by Crippen LogP contribution is -2.41. The molecule has 2 saturated heterocycles. The highest BCUT2D eigenvalue weighted by Crippen LogP contribution is 2.44. The number of esters is 3. The van der Waals surface area contributed by atoms with Crippen LogP contribution in [0.4, 0.5) is 30.6 Å². The van der Waals surface area contributed by atoms with E-state index in [1.165, 1.54) is 56.8 Å². The number of anilines is 3. The molecular weight excluding hydrogens is 1900 g/mol. The number of carbonyl (C=O) groups excluding carboxylic acids is 4. The Bertz CT molecular complexity index is 7030. The molecule has 138 heavy (non-hydrogen) atoms. The number of carbonyl (C=O) groups is 4. The molecule has 6 aromatic carbocycles. The molecule has 39 heteroatoms. The van der Waals surface area contributed by atoms with Crippen molar-refractivity contribution in [1.29, 1.82) is 0 Å². The molecule has 2 aliphatic rings. The second-order valence-electron chi connectivity index (χ2n) is 33.7. The molecule has 0 unspecified atom stereocenters. The molecule has 1 amide bonds. The smallest absolute Gasteiger partial charge is 0.465 e. The number of aryl methyl sites for hydroxylation is 3. The van der Waals surface area contributed by atoms with Gasteiger partial charge in [-0.15, -0.1) is 0 Å². The van der Waals surface area contributed by atoms with Gasteiger partial charge in [0.1, 0.15) is 78.9 Å². The number of halogens is 5. The third-order valence-electron chi connectivity index (χ3n) is 23.2. The summed E-state index contributed by atoms with van der Waals surface area (Å²) in [5, 5.41) is 25.0. The number of nitrogens with zero attached hydrogens (tertiary/aromatic N) is 16. The number of aromatic nitrogens is 17. The Morgan fingerprint density at radius 2 is 0.761 bits per heavy atom. The zero-order chi connectivity index (χ0) is 99.1. The van der Waals surface area contributed by atoms with Crippen LogP contribution in [0.3, 0.4) is 0 Å². The van der Waals surface area contributed by atoms with E-state index < -0.39 is 7.12 Å². The Hall–Kier alpha value is -14.4. The number of fused-ring (bicyclic) bond motifs is 3. The Balaban J connectivity index is 0.000000147. The maximum Gasteiger partial charge on any atom is 0.498 e. The monoisotopic (exact) mass is 2000 g/mol. The molecule has 0 saturated carbocycles. The summed E-state index contributed by atoms with van der Waals surface area (Å²) in [7, 11) is 0.806. The third kappa shape index (κ3) is 24.3. The van der Waals surface area contributed by atoms with E-state index in [-0.39, 0.29) is 96.2 Å². The summed E-state index contributed by atoms with van der Waals surface area (Å²) in [6.07, 6.45) is 18.3. The van der Waals surface area contributed by atoms with Gasteiger partial charge in [0.05, 0.1) is 92.7 Å². The summed E-state index contributed by atoms with van der Waals surface area (Å²) in [6, 6.07) is 42.1. The van der Waals surface area contributed by atoms with Crippen LogP contribution in [0, 0.1) is 38.2 Å². The Morgan fingerprint density at radius 3 is 1.12 bits per heavy atom.